The molecule has 106 valence electrons. The third-order valence-corrected chi connectivity index (χ3v) is 3.36. The summed E-state index contributed by atoms with van der Waals surface area (Å²) >= 11 is 5.74. The minimum Gasteiger partial charge on any atom is -0.451 e. The monoisotopic (exact) mass is 297 g/mol. The Bertz CT molecular complexity index is 572. The average molecular weight is 298 g/mol. The summed E-state index contributed by atoms with van der Waals surface area (Å²) < 4.78 is 5.08. The number of nitro benzene ring substituents is 1. The number of halogens is 1. The van der Waals surface area contributed by atoms with Crippen molar-refractivity contribution < 1.29 is 19.2 Å². The fourth-order valence-electron chi connectivity index (χ4n) is 2.10. The molecule has 7 heteroatoms. The second-order valence-corrected chi connectivity index (χ2v) is 4.96. The van der Waals surface area contributed by atoms with E-state index >= 15 is 0 Å². The van der Waals surface area contributed by atoms with Gasteiger partial charge in [-0.2, -0.15) is 0 Å². The third-order valence-electron chi connectivity index (χ3n) is 3.12. The lowest BCUT2D eigenvalue weighted by Gasteiger charge is -2.20. The van der Waals surface area contributed by atoms with Gasteiger partial charge in [0.2, 0.25) is 0 Å². The highest BCUT2D eigenvalue weighted by molar-refractivity contribution is 6.31. The van der Waals surface area contributed by atoms with E-state index in [0.29, 0.717) is 12.8 Å². The molecule has 1 fully saturated rings. The van der Waals surface area contributed by atoms with Crippen LogP contribution in [0.5, 0.6) is 0 Å². The van der Waals surface area contributed by atoms with Gasteiger partial charge in [-0.25, -0.2) is 4.79 Å². The molecule has 1 saturated carbocycles. The predicted octanol–water partition coefficient (Wildman–Crippen LogP) is 2.92. The normalized spacial score (nSPS) is 18.6. The van der Waals surface area contributed by atoms with Gasteiger partial charge < -0.3 is 4.74 Å². The van der Waals surface area contributed by atoms with E-state index in [-0.39, 0.29) is 22.1 Å². The number of esters is 1. The second-order valence-electron chi connectivity index (χ2n) is 4.52. The Morgan fingerprint density at radius 1 is 1.40 bits per heavy atom. The van der Waals surface area contributed by atoms with Gasteiger partial charge in [-0.1, -0.05) is 11.6 Å². The standard InChI is InChI=1S/C13H12ClNO5/c14-8-5-6-10(15(18)19)9(7-8)13(17)20-12-4-2-1-3-11(12)16/h5-7,12H,1-4H2/t12-/m1/s1. The topological polar surface area (TPSA) is 86.5 Å². The van der Waals surface area contributed by atoms with Gasteiger partial charge in [0.05, 0.1) is 4.92 Å². The summed E-state index contributed by atoms with van der Waals surface area (Å²) in [6, 6.07) is 3.64. The van der Waals surface area contributed by atoms with E-state index < -0.39 is 17.0 Å². The minimum atomic E-state index is -0.889. The maximum atomic E-state index is 12.0. The number of nitro groups is 1. The maximum absolute atomic E-state index is 12.0. The number of carbonyl (C=O) groups excluding carboxylic acids is 2. The molecule has 1 atom stereocenters. The van der Waals surface area contributed by atoms with Crippen molar-refractivity contribution in [3.8, 4) is 0 Å². The third kappa shape index (κ3) is 3.14. The molecule has 0 unspecified atom stereocenters. The highest BCUT2D eigenvalue weighted by Crippen LogP contribution is 2.25. The van der Waals surface area contributed by atoms with Crippen molar-refractivity contribution in [2.45, 2.75) is 31.8 Å². The van der Waals surface area contributed by atoms with Crippen LogP contribution < -0.4 is 0 Å². The molecule has 0 heterocycles. The van der Waals surface area contributed by atoms with E-state index in [4.69, 9.17) is 16.3 Å². The zero-order valence-electron chi connectivity index (χ0n) is 10.5. The Kier molecular flexibility index (Phi) is 4.34. The first kappa shape index (κ1) is 14.5. The molecule has 1 aliphatic rings. The lowest BCUT2D eigenvalue weighted by molar-refractivity contribution is -0.385. The zero-order valence-corrected chi connectivity index (χ0v) is 11.3. The van der Waals surface area contributed by atoms with Gasteiger partial charge in [0.1, 0.15) is 5.56 Å². The number of hydrogen-bond donors (Lipinski definition) is 0. The van der Waals surface area contributed by atoms with E-state index in [1.165, 1.54) is 12.1 Å². The van der Waals surface area contributed by atoms with Crippen LogP contribution in [0.2, 0.25) is 5.02 Å². The number of nitrogens with zero attached hydrogens (tertiary/aromatic N) is 1. The number of ketones is 1. The summed E-state index contributed by atoms with van der Waals surface area (Å²) in [7, 11) is 0. The molecular weight excluding hydrogens is 286 g/mol. The first-order valence-electron chi connectivity index (χ1n) is 6.16. The van der Waals surface area contributed by atoms with E-state index in [1.807, 2.05) is 0 Å². The fourth-order valence-corrected chi connectivity index (χ4v) is 2.27. The van der Waals surface area contributed by atoms with Gasteiger partial charge in [0.15, 0.2) is 11.9 Å². The predicted molar refractivity (Wildman–Crippen MR) is 70.8 cm³/mol. The van der Waals surface area contributed by atoms with Crippen LogP contribution in [0.4, 0.5) is 5.69 Å². The largest absolute Gasteiger partial charge is 0.451 e. The van der Waals surface area contributed by atoms with Crippen LogP contribution in [0.1, 0.15) is 36.0 Å². The van der Waals surface area contributed by atoms with Crippen molar-refractivity contribution in [1.82, 2.24) is 0 Å². The summed E-state index contributed by atoms with van der Waals surface area (Å²) in [5, 5.41) is 11.1. The van der Waals surface area contributed by atoms with E-state index in [0.717, 1.165) is 18.9 Å². The molecule has 1 aliphatic carbocycles. The van der Waals surface area contributed by atoms with Gasteiger partial charge in [-0.3, -0.25) is 14.9 Å². The van der Waals surface area contributed by atoms with Crippen LogP contribution in [0.15, 0.2) is 18.2 Å². The Labute approximate surface area is 119 Å². The van der Waals surface area contributed by atoms with Crippen LogP contribution in [-0.4, -0.2) is 22.8 Å². The molecular formula is C13H12ClNO5. The highest BCUT2D eigenvalue weighted by atomic mass is 35.5. The fraction of sp³-hybridized carbons (Fsp3) is 0.385. The lowest BCUT2D eigenvalue weighted by Crippen LogP contribution is -2.30. The molecule has 0 aromatic heterocycles. The average Bonchev–Trinajstić information content (AvgIpc) is 2.40. The Morgan fingerprint density at radius 2 is 2.15 bits per heavy atom. The second kappa shape index (κ2) is 6.00. The summed E-state index contributed by atoms with van der Waals surface area (Å²) in [5.41, 5.74) is -0.622. The lowest BCUT2D eigenvalue weighted by atomic mass is 9.96. The van der Waals surface area contributed by atoms with Crippen molar-refractivity contribution in [2.24, 2.45) is 0 Å². The summed E-state index contributed by atoms with van der Waals surface area (Å²) in [4.78, 5) is 33.8. The molecule has 0 amide bonds. The van der Waals surface area contributed by atoms with Gasteiger partial charge in [0, 0.05) is 17.5 Å². The van der Waals surface area contributed by atoms with Crippen molar-refractivity contribution in [3.05, 3.63) is 38.9 Å². The van der Waals surface area contributed by atoms with Crippen LogP contribution in [0.25, 0.3) is 0 Å². The van der Waals surface area contributed by atoms with Gasteiger partial charge in [0.25, 0.3) is 5.69 Å². The van der Waals surface area contributed by atoms with Crippen molar-refractivity contribution in [3.63, 3.8) is 0 Å². The molecule has 0 saturated heterocycles. The molecule has 1 aromatic rings. The van der Waals surface area contributed by atoms with Crippen LogP contribution in [0, 0.1) is 10.1 Å². The first-order chi connectivity index (χ1) is 9.49. The van der Waals surface area contributed by atoms with Gasteiger partial charge >= 0.3 is 5.97 Å². The molecule has 2 rings (SSSR count). The number of ether oxygens (including phenoxy) is 1. The number of Topliss-reactive ketones (excluding diaryl/α,β-unsaturated/α-hetero) is 1. The Balaban J connectivity index is 2.22. The van der Waals surface area contributed by atoms with Crippen molar-refractivity contribution in [1.29, 1.82) is 0 Å². The number of hydrogen-bond acceptors (Lipinski definition) is 5. The summed E-state index contributed by atoms with van der Waals surface area (Å²) in [6.45, 7) is 0. The molecule has 6 nitrogen and oxygen atoms in total. The number of carbonyl (C=O) groups is 2. The number of benzene rings is 1. The quantitative estimate of drug-likeness (QED) is 0.486. The maximum Gasteiger partial charge on any atom is 0.345 e. The molecule has 0 spiro atoms. The minimum absolute atomic E-state index is 0.144. The van der Waals surface area contributed by atoms with Crippen molar-refractivity contribution >= 4 is 29.0 Å². The van der Waals surface area contributed by atoms with Crippen LogP contribution >= 0.6 is 11.6 Å². The van der Waals surface area contributed by atoms with E-state index in [2.05, 4.69) is 0 Å². The first-order valence-corrected chi connectivity index (χ1v) is 6.54. The Hall–Kier alpha value is -1.95. The molecule has 0 bridgehead atoms. The number of rotatable bonds is 3. The van der Waals surface area contributed by atoms with Crippen LogP contribution in [0.3, 0.4) is 0 Å². The summed E-state index contributed by atoms with van der Waals surface area (Å²) in [5.74, 6) is -1.03. The molecule has 0 radical (unpaired) electrons. The highest BCUT2D eigenvalue weighted by Gasteiger charge is 2.29. The van der Waals surface area contributed by atoms with Crippen LogP contribution in [-0.2, 0) is 9.53 Å². The molecule has 20 heavy (non-hydrogen) atoms. The van der Waals surface area contributed by atoms with Crippen molar-refractivity contribution in [2.75, 3.05) is 0 Å². The molecule has 1 aromatic carbocycles. The molecule has 0 N–H and O–H groups in total. The van der Waals surface area contributed by atoms with E-state index in [9.17, 15) is 19.7 Å². The molecule has 0 aliphatic heterocycles. The van der Waals surface area contributed by atoms with Gasteiger partial charge in [-0.05, 0) is 31.4 Å². The Morgan fingerprint density at radius 3 is 2.80 bits per heavy atom. The smallest absolute Gasteiger partial charge is 0.345 e. The zero-order chi connectivity index (χ0) is 14.7. The summed E-state index contributed by atoms with van der Waals surface area (Å²) in [6.07, 6.45) is 1.59. The SMILES string of the molecule is O=C(O[C@@H]1CCCCC1=O)c1cc(Cl)ccc1[N+](=O)[O-]. The van der Waals surface area contributed by atoms with E-state index in [1.54, 1.807) is 0 Å². The van der Waals surface area contributed by atoms with Gasteiger partial charge in [-0.15, -0.1) is 0 Å².